The molecule has 0 spiro atoms. The fourth-order valence-corrected chi connectivity index (χ4v) is 2.60. The maximum atomic E-state index is 5.53. The zero-order valence-corrected chi connectivity index (χ0v) is 12.1. The van der Waals surface area contributed by atoms with E-state index in [1.807, 2.05) is 31.2 Å². The lowest BCUT2D eigenvalue weighted by molar-refractivity contribution is 0.425. The van der Waals surface area contributed by atoms with Gasteiger partial charge in [-0.2, -0.15) is 16.7 Å². The Morgan fingerprint density at radius 2 is 2.26 bits per heavy atom. The minimum atomic E-state index is 0.519. The Morgan fingerprint density at radius 1 is 1.42 bits per heavy atom. The van der Waals surface area contributed by atoms with Crippen LogP contribution in [0.25, 0.3) is 11.5 Å². The van der Waals surface area contributed by atoms with Gasteiger partial charge in [0.25, 0.3) is 5.89 Å². The van der Waals surface area contributed by atoms with E-state index in [4.69, 9.17) is 10.3 Å². The Kier molecular flexibility index (Phi) is 4.99. The number of nitrogens with two attached hydrogens (primary N) is 1. The third-order valence-corrected chi connectivity index (χ3v) is 4.03. The van der Waals surface area contributed by atoms with Crippen molar-refractivity contribution in [2.45, 2.75) is 31.3 Å². The van der Waals surface area contributed by atoms with E-state index in [9.17, 15) is 0 Å². The van der Waals surface area contributed by atoms with E-state index in [0.29, 0.717) is 11.1 Å². The van der Waals surface area contributed by atoms with E-state index in [1.165, 1.54) is 5.56 Å². The predicted octanol–water partition coefficient (Wildman–Crippen LogP) is 3.02. The Balaban J connectivity index is 1.99. The van der Waals surface area contributed by atoms with Crippen molar-refractivity contribution in [1.29, 1.82) is 0 Å². The van der Waals surface area contributed by atoms with Crippen LogP contribution in [-0.2, 0) is 5.75 Å². The van der Waals surface area contributed by atoms with Crippen LogP contribution in [0.5, 0.6) is 0 Å². The van der Waals surface area contributed by atoms with Crippen LogP contribution in [0.15, 0.2) is 28.8 Å². The number of hydrogen-bond donors (Lipinski definition) is 1. The highest BCUT2D eigenvalue weighted by Crippen LogP contribution is 2.22. The van der Waals surface area contributed by atoms with Crippen LogP contribution in [0.1, 0.15) is 24.7 Å². The van der Waals surface area contributed by atoms with Gasteiger partial charge in [0.1, 0.15) is 0 Å². The summed E-state index contributed by atoms with van der Waals surface area (Å²) in [5.41, 5.74) is 7.68. The summed E-state index contributed by atoms with van der Waals surface area (Å²) in [5.74, 6) is 2.09. The summed E-state index contributed by atoms with van der Waals surface area (Å²) in [6.45, 7) is 4.93. The van der Waals surface area contributed by atoms with Gasteiger partial charge in [-0.05, 0) is 32.0 Å². The number of benzene rings is 1. The van der Waals surface area contributed by atoms with Gasteiger partial charge in [-0.15, -0.1) is 0 Å². The van der Waals surface area contributed by atoms with Gasteiger partial charge in [-0.3, -0.25) is 0 Å². The first-order valence-corrected chi connectivity index (χ1v) is 7.45. The molecule has 0 aliphatic heterocycles. The Labute approximate surface area is 117 Å². The first-order chi connectivity index (χ1) is 9.19. The van der Waals surface area contributed by atoms with Gasteiger partial charge < -0.3 is 10.3 Å². The highest BCUT2D eigenvalue weighted by atomic mass is 32.2. The van der Waals surface area contributed by atoms with E-state index in [2.05, 4.69) is 17.1 Å². The van der Waals surface area contributed by atoms with Crippen molar-refractivity contribution in [2.75, 3.05) is 6.54 Å². The lowest BCUT2D eigenvalue weighted by Gasteiger charge is -2.06. The first-order valence-electron chi connectivity index (χ1n) is 6.40. The fraction of sp³-hybridized carbons (Fsp3) is 0.429. The molecule has 0 saturated carbocycles. The molecular weight excluding hydrogens is 258 g/mol. The molecule has 0 bridgehead atoms. The molecule has 0 aliphatic rings. The van der Waals surface area contributed by atoms with Gasteiger partial charge in [0, 0.05) is 10.8 Å². The molecule has 5 heteroatoms. The number of aromatic nitrogens is 2. The predicted molar refractivity (Wildman–Crippen MR) is 78.9 cm³/mol. The molecule has 0 aliphatic carbocycles. The molecule has 2 N–H and O–H groups in total. The normalized spacial score (nSPS) is 12.6. The zero-order chi connectivity index (χ0) is 13.7. The van der Waals surface area contributed by atoms with Crippen LogP contribution in [0.3, 0.4) is 0 Å². The third kappa shape index (κ3) is 4.08. The average Bonchev–Trinajstić information content (AvgIpc) is 2.85. The molecule has 0 radical (unpaired) electrons. The molecular formula is C14H19N3OS. The van der Waals surface area contributed by atoms with E-state index >= 15 is 0 Å². The second-order valence-corrected chi connectivity index (χ2v) is 6.01. The molecule has 1 aromatic carbocycles. The molecule has 4 nitrogen and oxygen atoms in total. The SMILES string of the molecule is Cc1cccc(-c2nc(CSC(C)CCN)no2)c1. The van der Waals surface area contributed by atoms with Crippen molar-refractivity contribution in [3.05, 3.63) is 35.7 Å². The number of rotatable bonds is 6. The number of aryl methyl sites for hydroxylation is 1. The highest BCUT2D eigenvalue weighted by Gasteiger charge is 2.10. The molecule has 1 atom stereocenters. The van der Waals surface area contributed by atoms with E-state index < -0.39 is 0 Å². The van der Waals surface area contributed by atoms with Crippen LogP contribution in [0.4, 0.5) is 0 Å². The molecule has 2 rings (SSSR count). The Bertz CT molecular complexity index is 527. The smallest absolute Gasteiger partial charge is 0.257 e. The summed E-state index contributed by atoms with van der Waals surface area (Å²) in [4.78, 5) is 4.42. The summed E-state index contributed by atoms with van der Waals surface area (Å²) in [5, 5.41) is 4.54. The van der Waals surface area contributed by atoms with Crippen molar-refractivity contribution in [3.63, 3.8) is 0 Å². The quantitative estimate of drug-likeness (QED) is 0.879. The van der Waals surface area contributed by atoms with Gasteiger partial charge in [0.2, 0.25) is 0 Å². The van der Waals surface area contributed by atoms with E-state index in [-0.39, 0.29) is 0 Å². The monoisotopic (exact) mass is 277 g/mol. The molecule has 1 unspecified atom stereocenters. The summed E-state index contributed by atoms with van der Waals surface area (Å²) >= 11 is 1.80. The van der Waals surface area contributed by atoms with Gasteiger partial charge in [-0.1, -0.05) is 29.8 Å². The zero-order valence-electron chi connectivity index (χ0n) is 11.3. The third-order valence-electron chi connectivity index (χ3n) is 2.80. The summed E-state index contributed by atoms with van der Waals surface area (Å²) < 4.78 is 5.30. The topological polar surface area (TPSA) is 64.9 Å². The minimum absolute atomic E-state index is 0.519. The molecule has 2 aromatic rings. The molecule has 0 amide bonds. The summed E-state index contributed by atoms with van der Waals surface area (Å²) in [7, 11) is 0. The number of thioether (sulfide) groups is 1. The van der Waals surface area contributed by atoms with Gasteiger partial charge >= 0.3 is 0 Å². The summed E-state index contributed by atoms with van der Waals surface area (Å²) in [6.07, 6.45) is 1.01. The Hall–Kier alpha value is -1.33. The van der Waals surface area contributed by atoms with Crippen molar-refractivity contribution in [1.82, 2.24) is 10.1 Å². The van der Waals surface area contributed by atoms with Crippen LogP contribution in [0.2, 0.25) is 0 Å². The van der Waals surface area contributed by atoms with Crippen molar-refractivity contribution in [3.8, 4) is 11.5 Å². The van der Waals surface area contributed by atoms with Gasteiger partial charge in [0.05, 0.1) is 5.75 Å². The maximum absolute atomic E-state index is 5.53. The van der Waals surface area contributed by atoms with E-state index in [1.54, 1.807) is 11.8 Å². The van der Waals surface area contributed by atoms with Crippen molar-refractivity contribution < 1.29 is 4.52 Å². The number of hydrogen-bond acceptors (Lipinski definition) is 5. The lowest BCUT2D eigenvalue weighted by atomic mass is 10.1. The van der Waals surface area contributed by atoms with E-state index in [0.717, 1.165) is 30.1 Å². The van der Waals surface area contributed by atoms with Crippen LogP contribution >= 0.6 is 11.8 Å². The maximum Gasteiger partial charge on any atom is 0.257 e. The second-order valence-electron chi connectivity index (χ2n) is 4.58. The molecule has 102 valence electrons. The van der Waals surface area contributed by atoms with Crippen LogP contribution in [-0.4, -0.2) is 21.9 Å². The molecule has 0 fully saturated rings. The number of nitrogens with zero attached hydrogens (tertiary/aromatic N) is 2. The Morgan fingerprint density at radius 3 is 3.00 bits per heavy atom. The lowest BCUT2D eigenvalue weighted by Crippen LogP contribution is -2.07. The highest BCUT2D eigenvalue weighted by molar-refractivity contribution is 7.99. The molecule has 1 aromatic heterocycles. The molecule has 0 saturated heterocycles. The second kappa shape index (κ2) is 6.73. The van der Waals surface area contributed by atoms with Crippen molar-refractivity contribution >= 4 is 11.8 Å². The fourth-order valence-electron chi connectivity index (χ4n) is 1.74. The van der Waals surface area contributed by atoms with Crippen LogP contribution in [0, 0.1) is 6.92 Å². The average molecular weight is 277 g/mol. The standard InChI is InChI=1S/C14H19N3OS/c1-10-4-3-5-12(8-10)14-16-13(17-18-14)9-19-11(2)6-7-15/h3-5,8,11H,6-7,9,15H2,1-2H3. The molecule has 19 heavy (non-hydrogen) atoms. The first kappa shape index (κ1) is 14.1. The molecule has 1 heterocycles. The minimum Gasteiger partial charge on any atom is -0.334 e. The van der Waals surface area contributed by atoms with Crippen molar-refractivity contribution in [2.24, 2.45) is 5.73 Å². The summed E-state index contributed by atoms with van der Waals surface area (Å²) in [6, 6.07) is 8.06. The van der Waals surface area contributed by atoms with Crippen LogP contribution < -0.4 is 5.73 Å². The largest absolute Gasteiger partial charge is 0.334 e. The van der Waals surface area contributed by atoms with Gasteiger partial charge in [0.15, 0.2) is 5.82 Å². The van der Waals surface area contributed by atoms with Gasteiger partial charge in [-0.25, -0.2) is 0 Å².